The van der Waals surface area contributed by atoms with Crippen molar-refractivity contribution < 1.29 is 0 Å². The van der Waals surface area contributed by atoms with E-state index in [1.807, 2.05) is 11.0 Å². The van der Waals surface area contributed by atoms with Crippen LogP contribution < -0.4 is 0 Å². The summed E-state index contributed by atoms with van der Waals surface area (Å²) < 4.78 is 1.97. The minimum absolute atomic E-state index is 0.609. The second-order valence-corrected chi connectivity index (χ2v) is 6.02. The molecule has 1 aliphatic heterocycles. The quantitative estimate of drug-likeness (QED) is 0.818. The van der Waals surface area contributed by atoms with Gasteiger partial charge < -0.3 is 0 Å². The lowest BCUT2D eigenvalue weighted by Crippen LogP contribution is -2.40. The van der Waals surface area contributed by atoms with Crippen LogP contribution in [0, 0.1) is 0 Å². The van der Waals surface area contributed by atoms with E-state index in [-0.39, 0.29) is 0 Å². The topological polar surface area (TPSA) is 34.0 Å². The maximum absolute atomic E-state index is 4.25. The Bertz CT molecular complexity index is 523. The molecule has 0 saturated carbocycles. The maximum Gasteiger partial charge on any atom is 0.137 e. The lowest BCUT2D eigenvalue weighted by Gasteiger charge is -2.30. The molecule has 0 spiro atoms. The van der Waals surface area contributed by atoms with Crippen LogP contribution in [0.5, 0.6) is 0 Å². The predicted octanol–water partition coefficient (Wildman–Crippen LogP) is 2.76. The van der Waals surface area contributed by atoms with E-state index in [1.54, 1.807) is 6.33 Å². The van der Waals surface area contributed by atoms with Crippen LogP contribution in [-0.4, -0.2) is 38.3 Å². The predicted molar refractivity (Wildman–Crippen MR) is 84.0 cm³/mol. The van der Waals surface area contributed by atoms with Crippen molar-refractivity contribution in [1.29, 1.82) is 0 Å². The second kappa shape index (κ2) is 6.85. The van der Waals surface area contributed by atoms with Crippen molar-refractivity contribution in [3.05, 3.63) is 48.5 Å². The van der Waals surface area contributed by atoms with Crippen molar-refractivity contribution in [2.45, 2.75) is 51.2 Å². The standard InChI is InChI=1S/C17H24N4/c1-15(9-10-16-6-3-2-4-7-16)21-11-5-8-17(21)12-20-14-18-13-19-20/h2-4,6-7,13-15,17H,5,8-12H2,1H3/t15-,17-/m1/s1. The number of nitrogens with zero attached hydrogens (tertiary/aromatic N) is 4. The maximum atomic E-state index is 4.25. The Hall–Kier alpha value is -1.68. The zero-order chi connectivity index (χ0) is 14.5. The highest BCUT2D eigenvalue weighted by molar-refractivity contribution is 5.14. The molecule has 1 aromatic heterocycles. The third-order valence-electron chi connectivity index (χ3n) is 4.55. The van der Waals surface area contributed by atoms with Gasteiger partial charge in [-0.15, -0.1) is 0 Å². The lowest BCUT2D eigenvalue weighted by atomic mass is 10.0. The number of hydrogen-bond donors (Lipinski definition) is 0. The van der Waals surface area contributed by atoms with Crippen molar-refractivity contribution in [2.75, 3.05) is 6.54 Å². The van der Waals surface area contributed by atoms with Crippen molar-refractivity contribution in [3.8, 4) is 0 Å². The van der Waals surface area contributed by atoms with Crippen molar-refractivity contribution in [2.24, 2.45) is 0 Å². The smallest absolute Gasteiger partial charge is 0.137 e. The highest BCUT2D eigenvalue weighted by Gasteiger charge is 2.28. The molecule has 0 unspecified atom stereocenters. The van der Waals surface area contributed by atoms with Crippen molar-refractivity contribution in [3.63, 3.8) is 0 Å². The zero-order valence-electron chi connectivity index (χ0n) is 12.7. The monoisotopic (exact) mass is 284 g/mol. The van der Waals surface area contributed by atoms with Gasteiger partial charge in [-0.3, -0.25) is 9.58 Å². The van der Waals surface area contributed by atoms with Crippen molar-refractivity contribution in [1.82, 2.24) is 19.7 Å². The van der Waals surface area contributed by atoms with E-state index < -0.39 is 0 Å². The molecule has 2 aromatic rings. The van der Waals surface area contributed by atoms with Crippen LogP contribution in [0.4, 0.5) is 0 Å². The summed E-state index contributed by atoms with van der Waals surface area (Å²) in [7, 11) is 0. The third-order valence-corrected chi connectivity index (χ3v) is 4.55. The van der Waals surface area contributed by atoms with Gasteiger partial charge in [0.2, 0.25) is 0 Å². The van der Waals surface area contributed by atoms with Crippen LogP contribution in [-0.2, 0) is 13.0 Å². The van der Waals surface area contributed by atoms with Crippen LogP contribution in [0.25, 0.3) is 0 Å². The zero-order valence-corrected chi connectivity index (χ0v) is 12.7. The Morgan fingerprint density at radius 3 is 2.90 bits per heavy atom. The highest BCUT2D eigenvalue weighted by atomic mass is 15.3. The number of benzene rings is 1. The van der Waals surface area contributed by atoms with Gasteiger partial charge in [-0.1, -0.05) is 30.3 Å². The molecule has 4 heteroatoms. The van der Waals surface area contributed by atoms with E-state index in [0.29, 0.717) is 12.1 Å². The molecule has 4 nitrogen and oxygen atoms in total. The summed E-state index contributed by atoms with van der Waals surface area (Å²) in [6.07, 6.45) is 8.40. The van der Waals surface area contributed by atoms with Gasteiger partial charge in [0.25, 0.3) is 0 Å². The highest BCUT2D eigenvalue weighted by Crippen LogP contribution is 2.23. The van der Waals surface area contributed by atoms with Crippen LogP contribution >= 0.6 is 0 Å². The van der Waals surface area contributed by atoms with E-state index >= 15 is 0 Å². The minimum atomic E-state index is 0.609. The second-order valence-electron chi connectivity index (χ2n) is 6.02. The first-order chi connectivity index (χ1) is 10.3. The van der Waals surface area contributed by atoms with Crippen molar-refractivity contribution >= 4 is 0 Å². The van der Waals surface area contributed by atoms with Gasteiger partial charge in [0, 0.05) is 12.1 Å². The Morgan fingerprint density at radius 2 is 2.14 bits per heavy atom. The molecule has 0 radical (unpaired) electrons. The average Bonchev–Trinajstić information content (AvgIpc) is 3.18. The molecule has 112 valence electrons. The lowest BCUT2D eigenvalue weighted by molar-refractivity contribution is 0.165. The molecule has 2 atom stereocenters. The van der Waals surface area contributed by atoms with Gasteiger partial charge in [0.1, 0.15) is 12.7 Å². The summed E-state index contributed by atoms with van der Waals surface area (Å²) in [5, 5.41) is 4.25. The Morgan fingerprint density at radius 1 is 1.29 bits per heavy atom. The van der Waals surface area contributed by atoms with Gasteiger partial charge in [0.05, 0.1) is 6.54 Å². The summed E-state index contributed by atoms with van der Waals surface area (Å²) >= 11 is 0. The number of aryl methyl sites for hydroxylation is 1. The molecule has 0 bridgehead atoms. The van der Waals surface area contributed by atoms with Crippen LogP contribution in [0.3, 0.4) is 0 Å². The normalized spacial score (nSPS) is 20.7. The first-order valence-electron chi connectivity index (χ1n) is 7.95. The SMILES string of the molecule is C[C@H](CCc1ccccc1)N1CCC[C@@H]1Cn1cncn1. The molecular formula is C17H24N4. The molecule has 1 aromatic carbocycles. The van der Waals surface area contributed by atoms with Gasteiger partial charge in [0.15, 0.2) is 0 Å². The fourth-order valence-corrected chi connectivity index (χ4v) is 3.36. The summed E-state index contributed by atoms with van der Waals surface area (Å²) in [4.78, 5) is 6.70. The van der Waals surface area contributed by atoms with Crippen LogP contribution in [0.15, 0.2) is 43.0 Å². The number of rotatable bonds is 6. The molecular weight excluding hydrogens is 260 g/mol. The molecule has 3 rings (SSSR count). The molecule has 2 heterocycles. The number of hydrogen-bond acceptors (Lipinski definition) is 3. The van der Waals surface area contributed by atoms with E-state index in [0.717, 1.165) is 13.0 Å². The molecule has 1 saturated heterocycles. The van der Waals surface area contributed by atoms with Crippen LogP contribution in [0.1, 0.15) is 31.7 Å². The molecule has 21 heavy (non-hydrogen) atoms. The van der Waals surface area contributed by atoms with E-state index in [9.17, 15) is 0 Å². The molecule has 1 aliphatic rings. The number of likely N-dealkylation sites (tertiary alicyclic amines) is 1. The van der Waals surface area contributed by atoms with Gasteiger partial charge in [-0.05, 0) is 44.7 Å². The molecule has 0 amide bonds. The largest absolute Gasteiger partial charge is 0.296 e. The molecule has 0 N–H and O–H groups in total. The van der Waals surface area contributed by atoms with Gasteiger partial charge >= 0.3 is 0 Å². The fourth-order valence-electron chi connectivity index (χ4n) is 3.36. The average molecular weight is 284 g/mol. The Kier molecular flexibility index (Phi) is 4.65. The Labute approximate surface area is 126 Å². The van der Waals surface area contributed by atoms with Gasteiger partial charge in [-0.25, -0.2) is 4.98 Å². The summed E-state index contributed by atoms with van der Waals surface area (Å²) in [6, 6.07) is 12.0. The molecule has 1 fully saturated rings. The summed E-state index contributed by atoms with van der Waals surface area (Å²) in [5.41, 5.74) is 1.44. The first kappa shape index (κ1) is 14.3. The van der Waals surface area contributed by atoms with E-state index in [2.05, 4.69) is 52.2 Å². The number of aromatic nitrogens is 3. The minimum Gasteiger partial charge on any atom is -0.296 e. The van der Waals surface area contributed by atoms with E-state index in [4.69, 9.17) is 0 Å². The third kappa shape index (κ3) is 3.70. The van der Waals surface area contributed by atoms with Gasteiger partial charge in [-0.2, -0.15) is 5.10 Å². The fraction of sp³-hybridized carbons (Fsp3) is 0.529. The molecule has 0 aliphatic carbocycles. The Balaban J connectivity index is 1.54. The summed E-state index contributed by atoms with van der Waals surface area (Å²) in [6.45, 7) is 4.55. The van der Waals surface area contributed by atoms with E-state index in [1.165, 1.54) is 31.4 Å². The first-order valence-corrected chi connectivity index (χ1v) is 7.95. The summed E-state index contributed by atoms with van der Waals surface area (Å²) in [5.74, 6) is 0. The van der Waals surface area contributed by atoms with Crippen LogP contribution in [0.2, 0.25) is 0 Å².